The molecule has 0 fully saturated rings. The van der Waals surface area contributed by atoms with Gasteiger partial charge in [-0.3, -0.25) is 5.32 Å². The Morgan fingerprint density at radius 2 is 2.38 bits per heavy atom. The molecule has 0 aromatic carbocycles. The first kappa shape index (κ1) is 7.71. The van der Waals surface area contributed by atoms with Gasteiger partial charge in [-0.05, 0) is 6.26 Å². The molecule has 0 aromatic heterocycles. The van der Waals surface area contributed by atoms with Gasteiger partial charge in [-0.2, -0.15) is 0 Å². The number of nitrogens with one attached hydrogen (secondary N) is 1. The van der Waals surface area contributed by atoms with Crippen LogP contribution in [0.4, 0.5) is 4.79 Å². The average Bonchev–Trinajstić information content (AvgIpc) is 1.65. The van der Waals surface area contributed by atoms with Gasteiger partial charge in [-0.15, -0.1) is 11.8 Å². The normalized spacial score (nSPS) is 8.12. The molecule has 0 aliphatic heterocycles. The van der Waals surface area contributed by atoms with E-state index in [1.165, 1.54) is 11.8 Å². The fourth-order valence-electron chi connectivity index (χ4n) is 0.138. The second-order valence-corrected chi connectivity index (χ2v) is 2.40. The Morgan fingerprint density at radius 1 is 1.88 bits per heavy atom. The van der Waals surface area contributed by atoms with Crippen molar-refractivity contribution in [1.82, 2.24) is 5.32 Å². The summed E-state index contributed by atoms with van der Waals surface area (Å²) in [6, 6.07) is 0. The molecule has 0 aliphatic carbocycles. The SMILES string of the molecule is CSC(=S)NC(=O)O. The van der Waals surface area contributed by atoms with Crippen LogP contribution in [0.15, 0.2) is 0 Å². The molecule has 0 aromatic rings. The molecule has 5 heteroatoms. The Hall–Kier alpha value is -0.290. The van der Waals surface area contributed by atoms with E-state index in [9.17, 15) is 4.79 Å². The van der Waals surface area contributed by atoms with Gasteiger partial charge in [0, 0.05) is 0 Å². The van der Waals surface area contributed by atoms with Crippen molar-refractivity contribution in [3.63, 3.8) is 0 Å². The molecule has 0 saturated carbocycles. The summed E-state index contributed by atoms with van der Waals surface area (Å²) >= 11 is 5.70. The van der Waals surface area contributed by atoms with E-state index in [2.05, 4.69) is 12.2 Å². The second kappa shape index (κ2) is 3.68. The highest BCUT2D eigenvalue weighted by Crippen LogP contribution is 1.91. The summed E-state index contributed by atoms with van der Waals surface area (Å²) in [7, 11) is 0. The van der Waals surface area contributed by atoms with Crippen molar-refractivity contribution in [2.24, 2.45) is 0 Å². The highest BCUT2D eigenvalue weighted by Gasteiger charge is 1.95. The maximum Gasteiger partial charge on any atom is 0.410 e. The zero-order valence-corrected chi connectivity index (χ0v) is 5.80. The van der Waals surface area contributed by atoms with Crippen LogP contribution in [0, 0.1) is 0 Å². The maximum atomic E-state index is 9.76. The number of carboxylic acid groups (broad SMARTS) is 1. The first-order valence-electron chi connectivity index (χ1n) is 1.74. The van der Waals surface area contributed by atoms with E-state index in [4.69, 9.17) is 5.11 Å². The molecule has 0 bridgehead atoms. The first-order valence-corrected chi connectivity index (χ1v) is 3.38. The van der Waals surface area contributed by atoms with Crippen molar-refractivity contribution < 1.29 is 9.90 Å². The first-order chi connectivity index (χ1) is 3.66. The number of rotatable bonds is 0. The van der Waals surface area contributed by atoms with E-state index in [0.29, 0.717) is 0 Å². The summed E-state index contributed by atoms with van der Waals surface area (Å²) in [5.74, 6) is 0. The molecule has 3 nitrogen and oxygen atoms in total. The Bertz CT molecular complexity index is 114. The number of amides is 1. The molecule has 8 heavy (non-hydrogen) atoms. The third kappa shape index (κ3) is 3.89. The Morgan fingerprint density at radius 3 is 2.50 bits per heavy atom. The second-order valence-electron chi connectivity index (χ2n) is 0.922. The largest absolute Gasteiger partial charge is 0.465 e. The standard InChI is InChI=1S/C3H5NO2S2/c1-8-3(7)4-2(5)6/h1H3,(H,4,7)(H,5,6). The van der Waals surface area contributed by atoms with E-state index in [1.54, 1.807) is 6.26 Å². The summed E-state index contributed by atoms with van der Waals surface area (Å²) < 4.78 is 0.275. The van der Waals surface area contributed by atoms with E-state index in [0.717, 1.165) is 0 Å². The molecule has 0 radical (unpaired) electrons. The molecule has 2 N–H and O–H groups in total. The minimum Gasteiger partial charge on any atom is -0.465 e. The van der Waals surface area contributed by atoms with Crippen LogP contribution in [-0.4, -0.2) is 21.8 Å². The van der Waals surface area contributed by atoms with Crippen LogP contribution in [0.2, 0.25) is 0 Å². The van der Waals surface area contributed by atoms with Crippen LogP contribution >= 0.6 is 24.0 Å². The highest BCUT2D eigenvalue weighted by atomic mass is 32.2. The topological polar surface area (TPSA) is 49.3 Å². The fraction of sp³-hybridized carbons (Fsp3) is 0.333. The summed E-state index contributed by atoms with van der Waals surface area (Å²) in [4.78, 5) is 9.76. The molecule has 0 aliphatic rings. The van der Waals surface area contributed by atoms with Gasteiger partial charge in [-0.25, -0.2) is 4.79 Å². The summed E-state index contributed by atoms with van der Waals surface area (Å²) in [6.07, 6.45) is 0.600. The molecule has 0 atom stereocenters. The number of thiocarbonyl (C=S) groups is 1. The van der Waals surface area contributed by atoms with E-state index >= 15 is 0 Å². The van der Waals surface area contributed by atoms with Gasteiger partial charge in [-0.1, -0.05) is 12.2 Å². The van der Waals surface area contributed by atoms with Crippen molar-refractivity contribution in [3.05, 3.63) is 0 Å². The van der Waals surface area contributed by atoms with Gasteiger partial charge in [0.15, 0.2) is 0 Å². The molecular weight excluding hydrogens is 146 g/mol. The van der Waals surface area contributed by atoms with Crippen LogP contribution in [0.1, 0.15) is 0 Å². The monoisotopic (exact) mass is 151 g/mol. The quantitative estimate of drug-likeness (QED) is 0.505. The minimum atomic E-state index is -1.11. The van der Waals surface area contributed by atoms with Gasteiger partial charge < -0.3 is 5.11 Å². The molecule has 0 saturated heterocycles. The number of carbonyl (C=O) groups is 1. The molecule has 0 rings (SSSR count). The van der Waals surface area contributed by atoms with Crippen molar-refractivity contribution in [2.45, 2.75) is 0 Å². The number of thioether (sulfide) groups is 1. The van der Waals surface area contributed by atoms with Gasteiger partial charge >= 0.3 is 6.09 Å². The van der Waals surface area contributed by atoms with E-state index in [1.807, 2.05) is 5.32 Å². The molecular formula is C3H5NO2S2. The highest BCUT2D eigenvalue weighted by molar-refractivity contribution is 8.22. The third-order valence-electron chi connectivity index (χ3n) is 0.394. The lowest BCUT2D eigenvalue weighted by Gasteiger charge is -1.94. The van der Waals surface area contributed by atoms with Crippen LogP contribution in [0.3, 0.4) is 0 Å². The van der Waals surface area contributed by atoms with Gasteiger partial charge in [0.2, 0.25) is 0 Å². The van der Waals surface area contributed by atoms with Crippen molar-refractivity contribution in [3.8, 4) is 0 Å². The van der Waals surface area contributed by atoms with Crippen LogP contribution in [0.25, 0.3) is 0 Å². The lowest BCUT2D eigenvalue weighted by atomic mass is 11.1. The predicted molar refractivity (Wildman–Crippen MR) is 37.3 cm³/mol. The van der Waals surface area contributed by atoms with Gasteiger partial charge in [0.05, 0.1) is 0 Å². The Balaban J connectivity index is 3.40. The van der Waals surface area contributed by atoms with Crippen LogP contribution in [0.5, 0.6) is 0 Å². The lowest BCUT2D eigenvalue weighted by Crippen LogP contribution is -2.23. The zero-order valence-electron chi connectivity index (χ0n) is 4.17. The van der Waals surface area contributed by atoms with Gasteiger partial charge in [0.25, 0.3) is 0 Å². The number of hydrogen-bond donors (Lipinski definition) is 2. The smallest absolute Gasteiger partial charge is 0.410 e. The molecule has 1 amide bonds. The van der Waals surface area contributed by atoms with Crippen LogP contribution in [-0.2, 0) is 0 Å². The fourth-order valence-corrected chi connectivity index (χ4v) is 0.415. The Kier molecular flexibility index (Phi) is 3.55. The predicted octanol–water partition coefficient (Wildman–Crippen LogP) is 0.902. The number of hydrogen-bond acceptors (Lipinski definition) is 3. The molecule has 0 spiro atoms. The Labute approximate surface area is 56.5 Å². The molecule has 0 heterocycles. The summed E-state index contributed by atoms with van der Waals surface area (Å²) in [6.45, 7) is 0. The van der Waals surface area contributed by atoms with Gasteiger partial charge in [0.1, 0.15) is 4.32 Å². The van der Waals surface area contributed by atoms with Crippen molar-refractivity contribution in [1.29, 1.82) is 0 Å². The van der Waals surface area contributed by atoms with Crippen LogP contribution < -0.4 is 5.32 Å². The molecule has 0 unspecified atom stereocenters. The summed E-state index contributed by atoms with van der Waals surface area (Å²) in [5, 5.41) is 10.0. The van der Waals surface area contributed by atoms with Crippen molar-refractivity contribution in [2.75, 3.05) is 6.26 Å². The average molecular weight is 151 g/mol. The lowest BCUT2D eigenvalue weighted by molar-refractivity contribution is 0.200. The van der Waals surface area contributed by atoms with Crippen molar-refractivity contribution >= 4 is 34.4 Å². The third-order valence-corrected chi connectivity index (χ3v) is 1.47. The zero-order chi connectivity index (χ0) is 6.57. The minimum absolute atomic E-state index is 0.275. The van der Waals surface area contributed by atoms with E-state index in [-0.39, 0.29) is 4.32 Å². The summed E-state index contributed by atoms with van der Waals surface area (Å²) in [5.41, 5.74) is 0. The van der Waals surface area contributed by atoms with E-state index < -0.39 is 6.09 Å². The molecule has 46 valence electrons. The maximum absolute atomic E-state index is 9.76.